The number of imidazole rings is 1. The van der Waals surface area contributed by atoms with Gasteiger partial charge in [-0.15, -0.1) is 0 Å². The van der Waals surface area contributed by atoms with E-state index in [9.17, 15) is 14.3 Å². The second-order valence-corrected chi connectivity index (χ2v) is 6.67. The first-order chi connectivity index (χ1) is 13.2. The Morgan fingerprint density at radius 2 is 2.21 bits per heavy atom. The largest absolute Gasteiger partial charge is 0.473 e. The monoisotopic (exact) mass is 395 g/mol. The van der Waals surface area contributed by atoms with E-state index < -0.39 is 42.8 Å². The van der Waals surface area contributed by atoms with Crippen LogP contribution in [0.2, 0.25) is 0 Å². The van der Waals surface area contributed by atoms with Gasteiger partial charge in [0.15, 0.2) is 23.5 Å². The molecule has 2 aromatic heterocycles. The number of nitrogen functional groups attached to an aromatic ring is 1. The highest BCUT2D eigenvalue weighted by molar-refractivity contribution is 5.77. The average molecular weight is 395 g/mol. The lowest BCUT2D eigenvalue weighted by atomic mass is 9.97. The summed E-state index contributed by atoms with van der Waals surface area (Å²) in [5.41, 5.74) is 6.36. The number of aliphatic hydroxyl groups excluding tert-OH is 1. The topological polar surface area (TPSA) is 135 Å². The van der Waals surface area contributed by atoms with Crippen molar-refractivity contribution in [2.45, 2.75) is 45.3 Å². The molecule has 3 N–H and O–H groups in total. The van der Waals surface area contributed by atoms with Gasteiger partial charge >= 0.3 is 5.97 Å². The van der Waals surface area contributed by atoms with Crippen molar-refractivity contribution in [3.63, 3.8) is 0 Å². The predicted octanol–water partition coefficient (Wildman–Crippen LogP) is 1.12. The van der Waals surface area contributed by atoms with Crippen molar-refractivity contribution >= 4 is 23.1 Å². The van der Waals surface area contributed by atoms with Gasteiger partial charge < -0.3 is 25.1 Å². The van der Waals surface area contributed by atoms with Crippen LogP contribution in [0, 0.1) is 5.92 Å². The van der Waals surface area contributed by atoms with Crippen molar-refractivity contribution in [3.8, 4) is 5.88 Å². The van der Waals surface area contributed by atoms with Crippen LogP contribution in [0.25, 0.3) is 11.2 Å². The molecule has 0 bridgehead atoms. The number of esters is 1. The summed E-state index contributed by atoms with van der Waals surface area (Å²) in [6.45, 7) is 7.64. The van der Waals surface area contributed by atoms with E-state index >= 15 is 0 Å². The molecule has 2 aromatic rings. The van der Waals surface area contributed by atoms with Gasteiger partial charge in [0.05, 0.1) is 31.1 Å². The van der Waals surface area contributed by atoms with Gasteiger partial charge in [-0.3, -0.25) is 9.36 Å². The number of hydrogen-bond acceptors (Lipinski definition) is 9. The van der Waals surface area contributed by atoms with Crippen LogP contribution in [-0.2, 0) is 14.3 Å². The molecule has 3 heterocycles. The lowest BCUT2D eigenvalue weighted by Gasteiger charge is -2.23. The Morgan fingerprint density at radius 3 is 2.79 bits per heavy atom. The fourth-order valence-corrected chi connectivity index (χ4v) is 3.21. The summed E-state index contributed by atoms with van der Waals surface area (Å²) in [4.78, 5) is 24.1. The van der Waals surface area contributed by atoms with E-state index in [1.165, 1.54) is 17.8 Å². The van der Waals surface area contributed by atoms with Gasteiger partial charge in [0.2, 0.25) is 11.8 Å². The van der Waals surface area contributed by atoms with Gasteiger partial charge in [0.25, 0.3) is 0 Å². The minimum absolute atomic E-state index is 0.0582. The number of hydrogen-bond donors (Lipinski definition) is 2. The SMILES string of the molecule is C=C(F)C1C(CO)OC(n2cnc3c(OC(C)C)nc(N)nc32)C1OC(C)=O. The number of anilines is 1. The van der Waals surface area contributed by atoms with Gasteiger partial charge in [0, 0.05) is 6.92 Å². The number of ether oxygens (including phenoxy) is 3. The van der Waals surface area contributed by atoms with Crippen molar-refractivity contribution in [3.05, 3.63) is 18.7 Å². The Hall–Kier alpha value is -2.79. The first-order valence-electron chi connectivity index (χ1n) is 8.67. The summed E-state index contributed by atoms with van der Waals surface area (Å²) in [5, 5.41) is 9.59. The number of nitrogens with zero attached hydrogens (tertiary/aromatic N) is 4. The van der Waals surface area contributed by atoms with Crippen LogP contribution in [0.4, 0.5) is 10.3 Å². The number of halogens is 1. The van der Waals surface area contributed by atoms with Crippen molar-refractivity contribution in [2.24, 2.45) is 5.92 Å². The molecular formula is C17H22FN5O5. The first kappa shape index (κ1) is 20.0. The van der Waals surface area contributed by atoms with Gasteiger partial charge in [0.1, 0.15) is 5.83 Å². The zero-order valence-corrected chi connectivity index (χ0v) is 15.7. The molecular weight excluding hydrogens is 373 g/mol. The Labute approximate surface area is 160 Å². The van der Waals surface area contributed by atoms with Crippen molar-refractivity contribution in [1.82, 2.24) is 19.5 Å². The number of aromatic nitrogens is 4. The third kappa shape index (κ3) is 3.62. The smallest absolute Gasteiger partial charge is 0.303 e. The number of aliphatic hydroxyl groups is 1. The molecule has 4 atom stereocenters. The lowest BCUT2D eigenvalue weighted by Crippen LogP contribution is -2.32. The van der Waals surface area contributed by atoms with E-state index in [1.54, 1.807) is 0 Å². The van der Waals surface area contributed by atoms with Gasteiger partial charge in [-0.1, -0.05) is 6.58 Å². The van der Waals surface area contributed by atoms with Crippen molar-refractivity contribution in [1.29, 1.82) is 0 Å². The molecule has 152 valence electrons. The van der Waals surface area contributed by atoms with Crippen molar-refractivity contribution < 1.29 is 28.5 Å². The predicted molar refractivity (Wildman–Crippen MR) is 95.8 cm³/mol. The normalized spacial score (nSPS) is 24.6. The third-order valence-electron chi connectivity index (χ3n) is 4.22. The van der Waals surface area contributed by atoms with E-state index in [-0.39, 0.29) is 23.6 Å². The number of nitrogens with two attached hydrogens (primary N) is 1. The molecule has 10 nitrogen and oxygen atoms in total. The van der Waals surface area contributed by atoms with Crippen LogP contribution < -0.4 is 10.5 Å². The summed E-state index contributed by atoms with van der Waals surface area (Å²) < 4.78 is 32.2. The zero-order valence-electron chi connectivity index (χ0n) is 15.7. The second kappa shape index (κ2) is 7.68. The minimum atomic E-state index is -1.09. The second-order valence-electron chi connectivity index (χ2n) is 6.67. The molecule has 1 saturated heterocycles. The molecule has 4 unspecified atom stereocenters. The summed E-state index contributed by atoms with van der Waals surface area (Å²) in [7, 11) is 0. The van der Waals surface area contributed by atoms with Gasteiger partial charge in [-0.25, -0.2) is 9.37 Å². The fraction of sp³-hybridized carbons (Fsp3) is 0.529. The van der Waals surface area contributed by atoms with E-state index in [0.717, 1.165) is 0 Å². The van der Waals surface area contributed by atoms with E-state index in [2.05, 4.69) is 21.5 Å². The standard InChI is InChI=1S/C17H22FN5O5/c1-7(2)26-15-12-14(21-17(19)22-15)23(6-20-12)16-13(27-9(4)25)11(8(3)18)10(5-24)28-16/h6-7,10-11,13,16,24H,3,5H2,1-2,4H3,(H2,19,21,22). The summed E-state index contributed by atoms with van der Waals surface area (Å²) in [6, 6.07) is 0. The van der Waals surface area contributed by atoms with Crippen molar-refractivity contribution in [2.75, 3.05) is 12.3 Å². The van der Waals surface area contributed by atoms with Crippen LogP contribution in [0.5, 0.6) is 5.88 Å². The number of rotatable bonds is 6. The van der Waals surface area contributed by atoms with Crippen LogP contribution >= 0.6 is 0 Å². The highest BCUT2D eigenvalue weighted by Gasteiger charge is 2.49. The molecule has 11 heteroatoms. The van der Waals surface area contributed by atoms with Crippen LogP contribution in [0.15, 0.2) is 18.7 Å². The Balaban J connectivity index is 2.10. The number of carbonyl (C=O) groups excluding carboxylic acids is 1. The molecule has 0 saturated carbocycles. The molecule has 0 aromatic carbocycles. The Morgan fingerprint density at radius 1 is 1.50 bits per heavy atom. The molecule has 1 aliphatic rings. The Bertz CT molecular complexity index is 901. The quantitative estimate of drug-likeness (QED) is 0.690. The summed E-state index contributed by atoms with van der Waals surface area (Å²) in [5.74, 6) is -2.33. The third-order valence-corrected chi connectivity index (χ3v) is 4.22. The fourth-order valence-electron chi connectivity index (χ4n) is 3.21. The lowest BCUT2D eigenvalue weighted by molar-refractivity contribution is -0.153. The van der Waals surface area contributed by atoms with Crippen LogP contribution in [0.1, 0.15) is 27.0 Å². The first-order valence-corrected chi connectivity index (χ1v) is 8.67. The molecule has 0 aliphatic carbocycles. The van der Waals surface area contributed by atoms with E-state index in [0.29, 0.717) is 5.52 Å². The molecule has 28 heavy (non-hydrogen) atoms. The molecule has 1 fully saturated rings. The highest BCUT2D eigenvalue weighted by atomic mass is 19.1. The molecule has 0 radical (unpaired) electrons. The average Bonchev–Trinajstić information content (AvgIpc) is 3.14. The maximum atomic E-state index is 14.1. The van der Waals surface area contributed by atoms with Crippen LogP contribution in [0.3, 0.4) is 0 Å². The van der Waals surface area contributed by atoms with Gasteiger partial charge in [-0.2, -0.15) is 9.97 Å². The van der Waals surface area contributed by atoms with Crippen LogP contribution in [-0.4, -0.2) is 55.5 Å². The Kier molecular flexibility index (Phi) is 5.47. The maximum absolute atomic E-state index is 14.1. The minimum Gasteiger partial charge on any atom is -0.473 e. The molecule has 0 amide bonds. The van der Waals surface area contributed by atoms with Gasteiger partial charge in [-0.05, 0) is 13.8 Å². The summed E-state index contributed by atoms with van der Waals surface area (Å²) >= 11 is 0. The van der Waals surface area contributed by atoms with E-state index in [4.69, 9.17) is 19.9 Å². The maximum Gasteiger partial charge on any atom is 0.303 e. The summed E-state index contributed by atoms with van der Waals surface area (Å²) in [6.07, 6.45) is -1.86. The van der Waals surface area contributed by atoms with E-state index in [1.807, 2.05) is 13.8 Å². The molecule has 1 aliphatic heterocycles. The molecule has 3 rings (SSSR count). The number of carbonyl (C=O) groups is 1. The molecule has 0 spiro atoms. The number of fused-ring (bicyclic) bond motifs is 1. The highest BCUT2D eigenvalue weighted by Crippen LogP contribution is 2.41. The zero-order chi connectivity index (χ0) is 20.6.